The van der Waals surface area contributed by atoms with Crippen molar-refractivity contribution in [2.45, 2.75) is 25.4 Å². The van der Waals surface area contributed by atoms with E-state index in [1.54, 1.807) is 0 Å². The number of carboxylic acid groups (broad SMARTS) is 1. The number of hydrogen-bond acceptors (Lipinski definition) is 1. The molecule has 0 aliphatic heterocycles. The van der Waals surface area contributed by atoms with Crippen LogP contribution in [-0.2, 0) is 11.2 Å². The van der Waals surface area contributed by atoms with Gasteiger partial charge in [-0.25, -0.2) is 9.18 Å². The molecule has 0 fully saturated rings. The number of halogens is 1. The van der Waals surface area contributed by atoms with Crippen LogP contribution in [0.5, 0.6) is 0 Å². The van der Waals surface area contributed by atoms with Gasteiger partial charge < -0.3 is 5.11 Å². The summed E-state index contributed by atoms with van der Waals surface area (Å²) in [6, 6.07) is 9.65. The summed E-state index contributed by atoms with van der Waals surface area (Å²) in [5, 5.41) is 8.30. The van der Waals surface area contributed by atoms with Crippen molar-refractivity contribution in [3.8, 4) is 0 Å². The third kappa shape index (κ3) is 3.56. The Morgan fingerprint density at radius 2 is 2.00 bits per heavy atom. The summed E-state index contributed by atoms with van der Waals surface area (Å²) in [6.07, 6.45) is -0.338. The second-order valence-corrected chi connectivity index (χ2v) is 3.18. The second kappa shape index (κ2) is 5.37. The Kier molecular flexibility index (Phi) is 4.11. The minimum atomic E-state index is -1.72. The van der Waals surface area contributed by atoms with E-state index < -0.39 is 12.1 Å². The molecule has 1 aromatic carbocycles. The number of carboxylic acids is 1. The van der Waals surface area contributed by atoms with E-state index in [2.05, 4.69) is 0 Å². The molecule has 14 heavy (non-hydrogen) atoms. The Labute approximate surface area is 82.4 Å². The molecule has 0 aromatic heterocycles. The quantitative estimate of drug-likeness (QED) is 0.785. The van der Waals surface area contributed by atoms with Crippen LogP contribution in [0.1, 0.15) is 18.4 Å². The normalized spacial score (nSPS) is 12.4. The lowest BCUT2D eigenvalue weighted by Gasteiger charge is -2.02. The molecule has 0 spiro atoms. The first-order valence-electron chi connectivity index (χ1n) is 4.61. The summed E-state index contributed by atoms with van der Waals surface area (Å²) in [4.78, 5) is 10.2. The Morgan fingerprint density at radius 1 is 1.36 bits per heavy atom. The highest BCUT2D eigenvalue weighted by atomic mass is 19.1. The third-order valence-corrected chi connectivity index (χ3v) is 2.03. The molecule has 0 amide bonds. The number of alkyl halides is 1. The van der Waals surface area contributed by atoms with Crippen LogP contribution in [0.15, 0.2) is 30.3 Å². The van der Waals surface area contributed by atoms with Crippen LogP contribution in [0.2, 0.25) is 0 Å². The van der Waals surface area contributed by atoms with Crippen LogP contribution >= 0.6 is 0 Å². The van der Waals surface area contributed by atoms with E-state index in [1.807, 2.05) is 30.3 Å². The zero-order valence-electron chi connectivity index (χ0n) is 7.82. The van der Waals surface area contributed by atoms with Crippen LogP contribution in [0.4, 0.5) is 4.39 Å². The van der Waals surface area contributed by atoms with E-state index in [1.165, 1.54) is 0 Å². The molecular formula is C11H13FO2. The first-order chi connectivity index (χ1) is 6.70. The molecule has 0 radical (unpaired) electrons. The molecule has 1 aromatic rings. The lowest BCUT2D eigenvalue weighted by molar-refractivity contribution is -0.143. The van der Waals surface area contributed by atoms with Crippen LogP contribution in [0.3, 0.4) is 0 Å². The zero-order valence-corrected chi connectivity index (χ0v) is 7.82. The van der Waals surface area contributed by atoms with Crippen molar-refractivity contribution in [1.82, 2.24) is 0 Å². The van der Waals surface area contributed by atoms with Gasteiger partial charge in [0.2, 0.25) is 0 Å². The number of benzene rings is 1. The van der Waals surface area contributed by atoms with Crippen LogP contribution in [-0.4, -0.2) is 17.2 Å². The predicted octanol–water partition coefficient (Wildman–Crippen LogP) is 2.43. The molecule has 0 aliphatic rings. The highest BCUT2D eigenvalue weighted by molar-refractivity contribution is 5.71. The van der Waals surface area contributed by atoms with Gasteiger partial charge in [0.1, 0.15) is 0 Å². The van der Waals surface area contributed by atoms with Crippen molar-refractivity contribution in [2.75, 3.05) is 0 Å². The zero-order chi connectivity index (χ0) is 10.4. The molecule has 0 unspecified atom stereocenters. The van der Waals surface area contributed by atoms with Gasteiger partial charge in [0.05, 0.1) is 0 Å². The average Bonchev–Trinajstić information content (AvgIpc) is 2.19. The Balaban J connectivity index is 2.26. The van der Waals surface area contributed by atoms with Crippen molar-refractivity contribution < 1.29 is 14.3 Å². The smallest absolute Gasteiger partial charge is 0.338 e. The largest absolute Gasteiger partial charge is 0.479 e. The van der Waals surface area contributed by atoms with Gasteiger partial charge in [-0.3, -0.25) is 0 Å². The van der Waals surface area contributed by atoms with Gasteiger partial charge in [-0.1, -0.05) is 30.3 Å². The summed E-state index contributed by atoms with van der Waals surface area (Å²) < 4.78 is 12.6. The average molecular weight is 196 g/mol. The Bertz CT molecular complexity index is 285. The van der Waals surface area contributed by atoms with Gasteiger partial charge >= 0.3 is 5.97 Å². The van der Waals surface area contributed by atoms with Gasteiger partial charge in [-0.2, -0.15) is 0 Å². The third-order valence-electron chi connectivity index (χ3n) is 2.03. The SMILES string of the molecule is O=C(O)[C@H](F)CCCc1ccccc1. The highest BCUT2D eigenvalue weighted by Gasteiger charge is 2.14. The standard InChI is InChI=1S/C11H13FO2/c12-10(11(13)14)8-4-7-9-5-2-1-3-6-9/h1-3,5-6,10H,4,7-8H2,(H,13,14)/t10-/m1/s1. The van der Waals surface area contributed by atoms with Gasteiger partial charge in [0.15, 0.2) is 6.17 Å². The summed E-state index contributed by atoms with van der Waals surface area (Å²) in [5.74, 6) is -1.36. The number of hydrogen-bond donors (Lipinski definition) is 1. The Hall–Kier alpha value is -1.38. The number of aliphatic carboxylic acids is 1. The van der Waals surface area contributed by atoms with Crippen LogP contribution in [0, 0.1) is 0 Å². The molecule has 0 heterocycles. The fourth-order valence-electron chi connectivity index (χ4n) is 1.25. The van der Waals surface area contributed by atoms with Crippen LogP contribution < -0.4 is 0 Å². The molecule has 0 aliphatic carbocycles. The maximum absolute atomic E-state index is 12.6. The van der Waals surface area contributed by atoms with Crippen molar-refractivity contribution >= 4 is 5.97 Å². The monoisotopic (exact) mass is 196 g/mol. The molecule has 1 N–H and O–H groups in total. The first-order valence-corrected chi connectivity index (χ1v) is 4.61. The van der Waals surface area contributed by atoms with Crippen molar-refractivity contribution in [2.24, 2.45) is 0 Å². The fourth-order valence-corrected chi connectivity index (χ4v) is 1.25. The molecular weight excluding hydrogens is 183 g/mol. The lowest BCUT2D eigenvalue weighted by atomic mass is 10.1. The lowest BCUT2D eigenvalue weighted by Crippen LogP contribution is -2.14. The predicted molar refractivity (Wildman–Crippen MR) is 51.9 cm³/mol. The minimum Gasteiger partial charge on any atom is -0.479 e. The first kappa shape index (κ1) is 10.7. The van der Waals surface area contributed by atoms with Gasteiger partial charge in [0, 0.05) is 0 Å². The summed E-state index contributed by atoms with van der Waals surface area (Å²) >= 11 is 0. The molecule has 76 valence electrons. The number of carbonyl (C=O) groups is 1. The molecule has 2 nitrogen and oxygen atoms in total. The summed E-state index contributed by atoms with van der Waals surface area (Å²) in [5.41, 5.74) is 1.12. The van der Waals surface area contributed by atoms with E-state index >= 15 is 0 Å². The van der Waals surface area contributed by atoms with Crippen molar-refractivity contribution in [3.05, 3.63) is 35.9 Å². The van der Waals surface area contributed by atoms with E-state index in [0.29, 0.717) is 6.42 Å². The molecule has 0 saturated heterocycles. The second-order valence-electron chi connectivity index (χ2n) is 3.18. The summed E-state index contributed by atoms with van der Waals surface area (Å²) in [6.45, 7) is 0. The minimum absolute atomic E-state index is 0.0875. The fraction of sp³-hybridized carbons (Fsp3) is 0.364. The molecule has 0 saturated carbocycles. The summed E-state index contributed by atoms with van der Waals surface area (Å²) in [7, 11) is 0. The number of rotatable bonds is 5. The van der Waals surface area contributed by atoms with Crippen molar-refractivity contribution in [1.29, 1.82) is 0 Å². The van der Waals surface area contributed by atoms with E-state index in [4.69, 9.17) is 5.11 Å². The van der Waals surface area contributed by atoms with E-state index in [9.17, 15) is 9.18 Å². The van der Waals surface area contributed by atoms with Gasteiger partial charge in [-0.05, 0) is 24.8 Å². The molecule has 1 rings (SSSR count). The van der Waals surface area contributed by atoms with Gasteiger partial charge in [-0.15, -0.1) is 0 Å². The molecule has 3 heteroatoms. The van der Waals surface area contributed by atoms with E-state index in [0.717, 1.165) is 12.0 Å². The van der Waals surface area contributed by atoms with E-state index in [-0.39, 0.29) is 6.42 Å². The van der Waals surface area contributed by atoms with Crippen molar-refractivity contribution in [3.63, 3.8) is 0 Å². The number of aryl methyl sites for hydroxylation is 1. The van der Waals surface area contributed by atoms with Crippen LogP contribution in [0.25, 0.3) is 0 Å². The topological polar surface area (TPSA) is 37.3 Å². The molecule has 0 bridgehead atoms. The Morgan fingerprint density at radius 3 is 2.57 bits per heavy atom. The van der Waals surface area contributed by atoms with Gasteiger partial charge in [0.25, 0.3) is 0 Å². The molecule has 1 atom stereocenters. The maximum atomic E-state index is 12.6. The highest BCUT2D eigenvalue weighted by Crippen LogP contribution is 2.08. The maximum Gasteiger partial charge on any atom is 0.338 e.